The highest BCUT2D eigenvalue weighted by Gasteiger charge is 2.37. The molecule has 1 atom stereocenters. The number of halogens is 3. The van der Waals surface area contributed by atoms with Gasteiger partial charge in [0.15, 0.2) is 0 Å². The maximum absolute atomic E-state index is 14.9. The summed E-state index contributed by atoms with van der Waals surface area (Å²) in [5.74, 6) is -2.72. The lowest BCUT2D eigenvalue weighted by atomic mass is 9.98. The highest BCUT2D eigenvalue weighted by molar-refractivity contribution is 8.14. The number of fused-ring (bicyclic) bond motifs is 1. The van der Waals surface area contributed by atoms with E-state index < -0.39 is 22.9 Å². The summed E-state index contributed by atoms with van der Waals surface area (Å²) in [6.45, 7) is 1.50. The van der Waals surface area contributed by atoms with Crippen LogP contribution in [0.5, 0.6) is 0 Å². The van der Waals surface area contributed by atoms with E-state index in [9.17, 15) is 18.0 Å². The molecule has 1 unspecified atom stereocenters. The van der Waals surface area contributed by atoms with Crippen molar-refractivity contribution in [2.24, 2.45) is 5.10 Å². The summed E-state index contributed by atoms with van der Waals surface area (Å²) in [4.78, 5) is 13.8. The number of carbonyl (C=O) groups excluding carboxylic acids is 1. The SMILES string of the molecule is Cc1cc(F)cc(F)c1C(=O)N1N=C(c2ccc(F)cc2)SC1c1ccccc1CCC1=Cc2ccccc2C1. The second-order valence-corrected chi connectivity index (χ2v) is 11.1. The van der Waals surface area contributed by atoms with Crippen LogP contribution in [0.2, 0.25) is 0 Å². The van der Waals surface area contributed by atoms with E-state index in [1.54, 1.807) is 12.1 Å². The smallest absolute Gasteiger partial charge is 0.267 e. The zero-order chi connectivity index (χ0) is 27.8. The standard InChI is InChI=1S/C33H25F3N2OS/c1-20-16-27(35)19-29(36)30(20)32(39)38-33(40-31(37-38)23-12-14-26(34)15-13-23)28-9-5-4-6-22(28)11-10-21-17-24-7-2-3-8-25(24)18-21/h2-9,12-17,19,33H,10-11,18H2,1H3. The van der Waals surface area contributed by atoms with E-state index in [1.807, 2.05) is 30.3 Å². The van der Waals surface area contributed by atoms with E-state index in [-0.39, 0.29) is 16.9 Å². The lowest BCUT2D eigenvalue weighted by molar-refractivity contribution is 0.0743. The van der Waals surface area contributed by atoms with Crippen LogP contribution in [0.25, 0.3) is 6.08 Å². The molecule has 1 heterocycles. The predicted molar refractivity (Wildman–Crippen MR) is 153 cm³/mol. The molecule has 40 heavy (non-hydrogen) atoms. The van der Waals surface area contributed by atoms with E-state index >= 15 is 0 Å². The first-order valence-corrected chi connectivity index (χ1v) is 13.9. The molecule has 0 saturated carbocycles. The Bertz CT molecular complexity index is 1660. The van der Waals surface area contributed by atoms with Gasteiger partial charge in [-0.15, -0.1) is 0 Å². The molecule has 7 heteroatoms. The molecular formula is C33H25F3N2OS. The largest absolute Gasteiger partial charge is 0.278 e. The highest BCUT2D eigenvalue weighted by Crippen LogP contribution is 2.44. The Morgan fingerprint density at radius 2 is 1.68 bits per heavy atom. The molecule has 3 nitrogen and oxygen atoms in total. The van der Waals surface area contributed by atoms with Gasteiger partial charge < -0.3 is 0 Å². The van der Waals surface area contributed by atoms with Gasteiger partial charge in [-0.1, -0.05) is 71.9 Å². The molecule has 0 spiro atoms. The van der Waals surface area contributed by atoms with Crippen LogP contribution in [0.1, 0.15) is 55.5 Å². The van der Waals surface area contributed by atoms with E-state index in [2.05, 4.69) is 29.4 Å². The fourth-order valence-corrected chi connectivity index (χ4v) is 6.51. The number of amides is 1. The average molecular weight is 555 g/mol. The van der Waals surface area contributed by atoms with Gasteiger partial charge in [-0.3, -0.25) is 4.79 Å². The van der Waals surface area contributed by atoms with Crippen molar-refractivity contribution < 1.29 is 18.0 Å². The minimum absolute atomic E-state index is 0.192. The second-order valence-electron chi connectivity index (χ2n) is 9.99. The Labute approximate surface area is 235 Å². The number of aryl methyl sites for hydroxylation is 2. The molecule has 0 bridgehead atoms. The maximum Gasteiger partial charge on any atom is 0.278 e. The average Bonchev–Trinajstić information content (AvgIpc) is 3.56. The number of benzene rings is 4. The van der Waals surface area contributed by atoms with Crippen molar-refractivity contribution >= 4 is 28.8 Å². The second kappa shape index (κ2) is 10.8. The van der Waals surface area contributed by atoms with Gasteiger partial charge in [-0.05, 0) is 84.3 Å². The van der Waals surface area contributed by atoms with Gasteiger partial charge in [0.1, 0.15) is 27.9 Å². The third-order valence-corrected chi connectivity index (χ3v) is 8.50. The zero-order valence-electron chi connectivity index (χ0n) is 21.7. The normalized spacial score (nSPS) is 16.1. The van der Waals surface area contributed by atoms with Gasteiger partial charge in [0.05, 0.1) is 5.56 Å². The number of carbonyl (C=O) groups is 1. The number of hydrazone groups is 1. The van der Waals surface area contributed by atoms with Gasteiger partial charge in [-0.2, -0.15) is 5.10 Å². The van der Waals surface area contributed by atoms with Crippen molar-refractivity contribution in [2.75, 3.05) is 0 Å². The minimum Gasteiger partial charge on any atom is -0.267 e. The maximum atomic E-state index is 14.9. The van der Waals surface area contributed by atoms with Crippen LogP contribution >= 0.6 is 11.8 Å². The molecule has 0 saturated heterocycles. The quantitative estimate of drug-likeness (QED) is 0.241. The van der Waals surface area contributed by atoms with Crippen molar-refractivity contribution in [2.45, 2.75) is 31.6 Å². The molecule has 2 aliphatic rings. The molecule has 0 N–H and O–H groups in total. The number of hydrogen-bond acceptors (Lipinski definition) is 3. The zero-order valence-corrected chi connectivity index (χ0v) is 22.5. The van der Waals surface area contributed by atoms with Gasteiger partial charge >= 0.3 is 0 Å². The number of thioether (sulfide) groups is 1. The fraction of sp³-hybridized carbons (Fsp3) is 0.152. The first kappa shape index (κ1) is 26.1. The van der Waals surface area contributed by atoms with E-state index in [1.165, 1.54) is 52.5 Å². The minimum atomic E-state index is -0.933. The lowest BCUT2D eigenvalue weighted by Gasteiger charge is -2.24. The van der Waals surface area contributed by atoms with Crippen LogP contribution in [0.4, 0.5) is 13.2 Å². The van der Waals surface area contributed by atoms with E-state index in [0.29, 0.717) is 16.7 Å². The Balaban J connectivity index is 1.34. The van der Waals surface area contributed by atoms with Crippen LogP contribution in [0.15, 0.2) is 95.6 Å². The van der Waals surface area contributed by atoms with E-state index in [0.717, 1.165) is 36.5 Å². The molecule has 0 radical (unpaired) electrons. The van der Waals surface area contributed by atoms with Gasteiger partial charge in [-0.25, -0.2) is 18.2 Å². The Morgan fingerprint density at radius 3 is 2.45 bits per heavy atom. The van der Waals surface area contributed by atoms with Crippen LogP contribution in [-0.2, 0) is 12.8 Å². The van der Waals surface area contributed by atoms with Crippen LogP contribution in [0.3, 0.4) is 0 Å². The first-order valence-electron chi connectivity index (χ1n) is 13.0. The first-order chi connectivity index (χ1) is 19.4. The lowest BCUT2D eigenvalue weighted by Crippen LogP contribution is -2.28. The molecule has 0 fully saturated rings. The molecule has 1 aliphatic heterocycles. The van der Waals surface area contributed by atoms with Crippen molar-refractivity contribution in [1.82, 2.24) is 5.01 Å². The summed E-state index contributed by atoms with van der Waals surface area (Å²) in [6, 6.07) is 24.0. The van der Waals surface area contributed by atoms with E-state index in [4.69, 9.17) is 0 Å². The molecule has 0 aromatic heterocycles. The fourth-order valence-electron chi connectivity index (χ4n) is 5.29. The van der Waals surface area contributed by atoms with Crippen molar-refractivity contribution in [3.63, 3.8) is 0 Å². The Kier molecular flexibility index (Phi) is 7.07. The van der Waals surface area contributed by atoms with Gasteiger partial charge in [0.25, 0.3) is 5.91 Å². The topological polar surface area (TPSA) is 32.7 Å². The Morgan fingerprint density at radius 1 is 0.925 bits per heavy atom. The summed E-state index contributed by atoms with van der Waals surface area (Å²) in [5, 5.41) is 5.81. The molecule has 6 rings (SSSR count). The third-order valence-electron chi connectivity index (χ3n) is 7.28. The van der Waals surface area contributed by atoms with Crippen molar-refractivity contribution in [1.29, 1.82) is 0 Å². The van der Waals surface area contributed by atoms with Crippen LogP contribution in [-0.4, -0.2) is 16.0 Å². The molecular weight excluding hydrogens is 529 g/mol. The summed E-state index contributed by atoms with van der Waals surface area (Å²) < 4.78 is 42.4. The molecule has 4 aromatic rings. The van der Waals surface area contributed by atoms with Crippen molar-refractivity contribution in [3.8, 4) is 0 Å². The summed E-state index contributed by atoms with van der Waals surface area (Å²) >= 11 is 1.35. The molecule has 1 aliphatic carbocycles. The Hall–Kier alpha value is -4.10. The highest BCUT2D eigenvalue weighted by atomic mass is 32.2. The van der Waals surface area contributed by atoms with Gasteiger partial charge in [0, 0.05) is 11.6 Å². The van der Waals surface area contributed by atoms with Crippen LogP contribution < -0.4 is 0 Å². The molecule has 4 aromatic carbocycles. The van der Waals surface area contributed by atoms with Gasteiger partial charge in [0.2, 0.25) is 0 Å². The molecule has 200 valence electrons. The summed E-state index contributed by atoms with van der Waals surface area (Å²) in [7, 11) is 0. The van der Waals surface area contributed by atoms with Crippen LogP contribution in [0, 0.1) is 24.4 Å². The summed E-state index contributed by atoms with van der Waals surface area (Å²) in [6.07, 6.45) is 4.77. The molecule has 1 amide bonds. The number of allylic oxidation sites excluding steroid dienone is 1. The third kappa shape index (κ3) is 5.09. The predicted octanol–water partition coefficient (Wildman–Crippen LogP) is 8.23. The number of rotatable bonds is 6. The monoisotopic (exact) mass is 554 g/mol. The summed E-state index contributed by atoms with van der Waals surface area (Å²) in [5.41, 5.74) is 6.48. The number of nitrogens with zero attached hydrogens (tertiary/aromatic N) is 2. The van der Waals surface area contributed by atoms with Crippen molar-refractivity contribution in [3.05, 3.63) is 147 Å². The number of hydrogen-bond donors (Lipinski definition) is 0.